The van der Waals surface area contributed by atoms with Gasteiger partial charge in [-0.3, -0.25) is 0 Å². The Morgan fingerprint density at radius 1 is 1.21 bits per heavy atom. The Morgan fingerprint density at radius 3 is 2.79 bits per heavy atom. The van der Waals surface area contributed by atoms with Gasteiger partial charge in [0.15, 0.2) is 0 Å². The van der Waals surface area contributed by atoms with E-state index in [1.165, 1.54) is 25.7 Å². The molecule has 3 rings (SSSR count). The number of hydrogen-bond donors (Lipinski definition) is 0. The van der Waals surface area contributed by atoms with Gasteiger partial charge in [0.05, 0.1) is 12.7 Å². The minimum atomic E-state index is 0.602. The van der Waals surface area contributed by atoms with Crippen molar-refractivity contribution in [2.45, 2.75) is 31.8 Å². The van der Waals surface area contributed by atoms with Crippen LogP contribution >= 0.6 is 0 Å². The van der Waals surface area contributed by atoms with Gasteiger partial charge in [-0.05, 0) is 42.7 Å². The van der Waals surface area contributed by atoms with Crippen molar-refractivity contribution in [1.29, 1.82) is 0 Å². The molecular weight excluding hydrogens is 172 g/mol. The standard InChI is InChI=1S/C13H16O/c1-2-4-12-7-10(8-13-9-14-13)5-6-11(12)3-1/h1-4,10,13H,5-9H2/t10-,13-/m0/s1. The molecule has 2 aliphatic rings. The third-order valence-electron chi connectivity index (χ3n) is 3.45. The summed E-state index contributed by atoms with van der Waals surface area (Å²) < 4.78 is 5.30. The molecule has 0 aromatic heterocycles. The summed E-state index contributed by atoms with van der Waals surface area (Å²) in [5, 5.41) is 0. The first-order valence-corrected chi connectivity index (χ1v) is 5.60. The minimum absolute atomic E-state index is 0.602. The Hall–Kier alpha value is -0.820. The average molecular weight is 188 g/mol. The monoisotopic (exact) mass is 188 g/mol. The van der Waals surface area contributed by atoms with Crippen molar-refractivity contribution in [1.82, 2.24) is 0 Å². The quantitative estimate of drug-likeness (QED) is 0.650. The molecule has 1 heteroatoms. The maximum absolute atomic E-state index is 5.30. The highest BCUT2D eigenvalue weighted by Gasteiger charge is 2.28. The van der Waals surface area contributed by atoms with E-state index in [-0.39, 0.29) is 0 Å². The minimum Gasteiger partial charge on any atom is -0.373 e. The lowest BCUT2D eigenvalue weighted by Gasteiger charge is -2.23. The van der Waals surface area contributed by atoms with Gasteiger partial charge in [-0.15, -0.1) is 0 Å². The van der Waals surface area contributed by atoms with E-state index in [0.717, 1.165) is 12.5 Å². The molecule has 0 N–H and O–H groups in total. The lowest BCUT2D eigenvalue weighted by atomic mass is 9.82. The molecule has 74 valence electrons. The van der Waals surface area contributed by atoms with E-state index < -0.39 is 0 Å². The molecule has 0 radical (unpaired) electrons. The summed E-state index contributed by atoms with van der Waals surface area (Å²) in [6.45, 7) is 1.01. The van der Waals surface area contributed by atoms with E-state index in [4.69, 9.17) is 4.74 Å². The van der Waals surface area contributed by atoms with Crippen LogP contribution in [-0.2, 0) is 17.6 Å². The average Bonchev–Trinajstić information content (AvgIpc) is 3.02. The molecule has 0 spiro atoms. The lowest BCUT2D eigenvalue weighted by molar-refractivity contribution is 0.333. The smallest absolute Gasteiger partial charge is 0.0812 e. The van der Waals surface area contributed by atoms with Crippen LogP contribution < -0.4 is 0 Å². The third kappa shape index (κ3) is 1.69. The van der Waals surface area contributed by atoms with Crippen molar-refractivity contribution in [3.8, 4) is 0 Å². The highest BCUT2D eigenvalue weighted by atomic mass is 16.6. The Kier molecular flexibility index (Phi) is 2.06. The first-order valence-electron chi connectivity index (χ1n) is 5.60. The Labute approximate surface area is 85.1 Å². The molecule has 0 unspecified atom stereocenters. The number of rotatable bonds is 2. The van der Waals surface area contributed by atoms with Crippen LogP contribution in [0.5, 0.6) is 0 Å². The highest BCUT2D eigenvalue weighted by molar-refractivity contribution is 5.29. The molecule has 0 bridgehead atoms. The molecule has 1 aliphatic heterocycles. The van der Waals surface area contributed by atoms with Gasteiger partial charge in [-0.1, -0.05) is 24.3 Å². The molecule has 1 nitrogen and oxygen atoms in total. The van der Waals surface area contributed by atoms with Crippen LogP contribution in [0.3, 0.4) is 0 Å². The van der Waals surface area contributed by atoms with E-state index in [0.29, 0.717) is 6.10 Å². The SMILES string of the molecule is c1ccc2c(c1)CC[C@H](C[C@H]1CO1)C2. The van der Waals surface area contributed by atoms with Crippen molar-refractivity contribution < 1.29 is 4.74 Å². The van der Waals surface area contributed by atoms with E-state index in [1.807, 2.05) is 0 Å². The van der Waals surface area contributed by atoms with Crippen LogP contribution in [0, 0.1) is 5.92 Å². The molecule has 1 saturated heterocycles. The molecule has 1 aromatic rings. The fourth-order valence-corrected chi connectivity index (χ4v) is 2.55. The predicted molar refractivity (Wildman–Crippen MR) is 56.3 cm³/mol. The number of fused-ring (bicyclic) bond motifs is 1. The summed E-state index contributed by atoms with van der Waals surface area (Å²) in [6.07, 6.45) is 5.79. The summed E-state index contributed by atoms with van der Waals surface area (Å²) in [5.74, 6) is 0.873. The molecular formula is C13H16O. The molecule has 0 amide bonds. The molecule has 1 fully saturated rings. The summed E-state index contributed by atoms with van der Waals surface area (Å²) in [4.78, 5) is 0. The summed E-state index contributed by atoms with van der Waals surface area (Å²) >= 11 is 0. The molecule has 2 atom stereocenters. The first kappa shape index (κ1) is 8.49. The zero-order chi connectivity index (χ0) is 9.38. The Morgan fingerprint density at radius 2 is 2.00 bits per heavy atom. The van der Waals surface area contributed by atoms with Crippen LogP contribution in [0.25, 0.3) is 0 Å². The van der Waals surface area contributed by atoms with Gasteiger partial charge in [-0.25, -0.2) is 0 Å². The Balaban J connectivity index is 1.72. The van der Waals surface area contributed by atoms with Crippen LogP contribution in [-0.4, -0.2) is 12.7 Å². The molecule has 1 heterocycles. The number of epoxide rings is 1. The first-order chi connectivity index (χ1) is 6.92. The van der Waals surface area contributed by atoms with Crippen molar-refractivity contribution in [2.24, 2.45) is 5.92 Å². The molecule has 14 heavy (non-hydrogen) atoms. The second-order valence-corrected chi connectivity index (χ2v) is 4.57. The fourth-order valence-electron chi connectivity index (χ4n) is 2.55. The van der Waals surface area contributed by atoms with Crippen LogP contribution in [0.1, 0.15) is 24.0 Å². The largest absolute Gasteiger partial charge is 0.373 e. The highest BCUT2D eigenvalue weighted by Crippen LogP contribution is 2.31. The molecule has 1 aromatic carbocycles. The zero-order valence-electron chi connectivity index (χ0n) is 8.41. The van der Waals surface area contributed by atoms with Crippen molar-refractivity contribution in [2.75, 3.05) is 6.61 Å². The van der Waals surface area contributed by atoms with E-state index in [1.54, 1.807) is 11.1 Å². The lowest BCUT2D eigenvalue weighted by Crippen LogP contribution is -2.15. The maximum Gasteiger partial charge on any atom is 0.0812 e. The normalized spacial score (nSPS) is 29.7. The summed E-state index contributed by atoms with van der Waals surface area (Å²) in [5.41, 5.74) is 3.14. The third-order valence-corrected chi connectivity index (χ3v) is 3.45. The Bertz CT molecular complexity index is 328. The topological polar surface area (TPSA) is 12.5 Å². The van der Waals surface area contributed by atoms with Gasteiger partial charge >= 0.3 is 0 Å². The fraction of sp³-hybridized carbons (Fsp3) is 0.538. The van der Waals surface area contributed by atoms with Gasteiger partial charge in [0.1, 0.15) is 0 Å². The number of benzene rings is 1. The number of hydrogen-bond acceptors (Lipinski definition) is 1. The number of aryl methyl sites for hydroxylation is 1. The number of ether oxygens (including phenoxy) is 1. The second-order valence-electron chi connectivity index (χ2n) is 4.57. The van der Waals surface area contributed by atoms with Gasteiger partial charge < -0.3 is 4.74 Å². The maximum atomic E-state index is 5.30. The van der Waals surface area contributed by atoms with Crippen molar-refractivity contribution >= 4 is 0 Å². The van der Waals surface area contributed by atoms with Crippen molar-refractivity contribution in [3.63, 3.8) is 0 Å². The zero-order valence-corrected chi connectivity index (χ0v) is 8.41. The van der Waals surface area contributed by atoms with Gasteiger partial charge in [-0.2, -0.15) is 0 Å². The van der Waals surface area contributed by atoms with Gasteiger partial charge in [0.25, 0.3) is 0 Å². The van der Waals surface area contributed by atoms with Gasteiger partial charge in [0, 0.05) is 0 Å². The van der Waals surface area contributed by atoms with E-state index in [2.05, 4.69) is 24.3 Å². The predicted octanol–water partition coefficient (Wildman–Crippen LogP) is 2.58. The summed E-state index contributed by atoms with van der Waals surface area (Å²) in [7, 11) is 0. The van der Waals surface area contributed by atoms with E-state index >= 15 is 0 Å². The van der Waals surface area contributed by atoms with Crippen LogP contribution in [0.15, 0.2) is 24.3 Å². The van der Waals surface area contributed by atoms with Crippen LogP contribution in [0.4, 0.5) is 0 Å². The summed E-state index contributed by atoms with van der Waals surface area (Å²) in [6, 6.07) is 8.88. The molecule has 0 saturated carbocycles. The van der Waals surface area contributed by atoms with E-state index in [9.17, 15) is 0 Å². The van der Waals surface area contributed by atoms with Crippen molar-refractivity contribution in [3.05, 3.63) is 35.4 Å². The molecule has 1 aliphatic carbocycles. The second kappa shape index (κ2) is 3.39. The van der Waals surface area contributed by atoms with Gasteiger partial charge in [0.2, 0.25) is 0 Å². The van der Waals surface area contributed by atoms with Crippen LogP contribution in [0.2, 0.25) is 0 Å².